The van der Waals surface area contributed by atoms with E-state index in [-0.39, 0.29) is 6.03 Å². The van der Waals surface area contributed by atoms with Crippen LogP contribution in [0.5, 0.6) is 0 Å². The number of carbonyl (C=O) groups excluding carboxylic acids is 1. The van der Waals surface area contributed by atoms with Crippen molar-refractivity contribution in [3.63, 3.8) is 0 Å². The normalized spacial score (nSPS) is 10.7. The van der Waals surface area contributed by atoms with Crippen molar-refractivity contribution in [2.75, 3.05) is 18.4 Å². The predicted octanol–water partition coefficient (Wildman–Crippen LogP) is 7.87. The van der Waals surface area contributed by atoms with E-state index in [1.807, 2.05) is 17.0 Å². The average Bonchev–Trinajstić information content (AvgIpc) is 2.81. The Kier molecular flexibility index (Phi) is 9.93. The van der Waals surface area contributed by atoms with Gasteiger partial charge in [-0.05, 0) is 67.9 Å². The second-order valence-electron chi connectivity index (χ2n) is 7.93. The van der Waals surface area contributed by atoms with E-state index in [2.05, 4.69) is 53.8 Å². The number of aryl methyl sites for hydroxylation is 2. The summed E-state index contributed by atoms with van der Waals surface area (Å²) in [4.78, 5) is 14.9. The zero-order valence-corrected chi connectivity index (χ0v) is 19.8. The molecule has 0 aromatic heterocycles. The number of carbonyl (C=O) groups is 1. The molecular formula is C27H30Cl2N2O. The van der Waals surface area contributed by atoms with Gasteiger partial charge in [-0.1, -0.05) is 83.9 Å². The molecule has 32 heavy (non-hydrogen) atoms. The Morgan fingerprint density at radius 1 is 0.719 bits per heavy atom. The molecule has 0 fully saturated rings. The quantitative estimate of drug-likeness (QED) is 0.285. The summed E-state index contributed by atoms with van der Waals surface area (Å²) in [5, 5.41) is 3.94. The molecule has 0 unspecified atom stereocenters. The lowest BCUT2D eigenvalue weighted by Crippen LogP contribution is -2.36. The Labute approximate surface area is 201 Å². The average molecular weight is 469 g/mol. The van der Waals surface area contributed by atoms with Gasteiger partial charge in [0.05, 0.1) is 10.7 Å². The standard InChI is InChI=1S/C27H30Cl2N2O/c28-24-17-18-26(25(29)21-24)30-27(32)31(19-9-7-15-22-11-3-1-4-12-22)20-10-8-16-23-13-5-2-6-14-23/h1-6,11-14,17-18,21H,7-10,15-16,19-20H2,(H,30,32). The molecule has 0 saturated carbocycles. The summed E-state index contributed by atoms with van der Waals surface area (Å²) in [6, 6.07) is 25.9. The van der Waals surface area contributed by atoms with Crippen LogP contribution in [0.1, 0.15) is 36.8 Å². The van der Waals surface area contributed by atoms with Crippen LogP contribution < -0.4 is 5.32 Å². The molecule has 3 rings (SSSR count). The van der Waals surface area contributed by atoms with Gasteiger partial charge >= 0.3 is 6.03 Å². The largest absolute Gasteiger partial charge is 0.325 e. The maximum atomic E-state index is 13.0. The van der Waals surface area contributed by atoms with Crippen LogP contribution >= 0.6 is 23.2 Å². The van der Waals surface area contributed by atoms with E-state index in [0.717, 1.165) is 51.6 Å². The highest BCUT2D eigenvalue weighted by molar-refractivity contribution is 6.36. The monoisotopic (exact) mass is 468 g/mol. The van der Waals surface area contributed by atoms with Gasteiger partial charge in [0.1, 0.15) is 0 Å². The lowest BCUT2D eigenvalue weighted by Gasteiger charge is -2.23. The van der Waals surface area contributed by atoms with Crippen LogP contribution in [0.3, 0.4) is 0 Å². The molecule has 2 amide bonds. The maximum absolute atomic E-state index is 13.0. The van der Waals surface area contributed by atoms with Gasteiger partial charge < -0.3 is 10.2 Å². The maximum Gasteiger partial charge on any atom is 0.321 e. The van der Waals surface area contributed by atoms with E-state index in [4.69, 9.17) is 23.2 Å². The molecule has 0 spiro atoms. The number of hydrogen-bond donors (Lipinski definition) is 1. The van der Waals surface area contributed by atoms with Crippen molar-refractivity contribution in [2.24, 2.45) is 0 Å². The highest BCUT2D eigenvalue weighted by atomic mass is 35.5. The van der Waals surface area contributed by atoms with Crippen LogP contribution in [0.25, 0.3) is 0 Å². The molecule has 0 radical (unpaired) electrons. The summed E-state index contributed by atoms with van der Waals surface area (Å²) in [5.41, 5.74) is 3.25. The number of urea groups is 1. The Bertz CT molecular complexity index is 916. The Morgan fingerprint density at radius 3 is 1.75 bits per heavy atom. The van der Waals surface area contributed by atoms with Crippen molar-refractivity contribution in [3.05, 3.63) is 100 Å². The number of rotatable bonds is 11. The first-order chi connectivity index (χ1) is 15.6. The Hall–Kier alpha value is -2.49. The summed E-state index contributed by atoms with van der Waals surface area (Å²) in [7, 11) is 0. The van der Waals surface area contributed by atoms with Crippen LogP contribution in [0.15, 0.2) is 78.9 Å². The molecule has 0 heterocycles. The Morgan fingerprint density at radius 2 is 1.25 bits per heavy atom. The molecule has 3 aromatic carbocycles. The topological polar surface area (TPSA) is 32.3 Å². The molecule has 0 aliphatic heterocycles. The summed E-state index contributed by atoms with van der Waals surface area (Å²) in [6.07, 6.45) is 6.03. The zero-order chi connectivity index (χ0) is 22.6. The number of anilines is 1. The minimum atomic E-state index is -0.117. The predicted molar refractivity (Wildman–Crippen MR) is 136 cm³/mol. The summed E-state index contributed by atoms with van der Waals surface area (Å²) < 4.78 is 0. The number of hydrogen-bond acceptors (Lipinski definition) is 1. The van der Waals surface area contributed by atoms with Crippen molar-refractivity contribution in [1.29, 1.82) is 0 Å². The molecule has 1 N–H and O–H groups in total. The van der Waals surface area contributed by atoms with Gasteiger partial charge in [0, 0.05) is 18.1 Å². The van der Waals surface area contributed by atoms with Crippen molar-refractivity contribution < 1.29 is 4.79 Å². The smallest absolute Gasteiger partial charge is 0.321 e. The first kappa shape index (κ1) is 24.2. The fourth-order valence-electron chi connectivity index (χ4n) is 3.65. The van der Waals surface area contributed by atoms with Crippen molar-refractivity contribution in [3.8, 4) is 0 Å². The fraction of sp³-hybridized carbons (Fsp3) is 0.296. The molecule has 0 aliphatic rings. The van der Waals surface area contributed by atoms with Gasteiger partial charge in [-0.2, -0.15) is 0 Å². The third-order valence-corrected chi connectivity index (χ3v) is 5.98. The van der Waals surface area contributed by atoms with Crippen LogP contribution in [0, 0.1) is 0 Å². The molecule has 0 atom stereocenters. The highest BCUT2D eigenvalue weighted by Gasteiger charge is 2.15. The van der Waals surface area contributed by atoms with E-state index in [0.29, 0.717) is 15.7 Å². The summed E-state index contributed by atoms with van der Waals surface area (Å²) in [6.45, 7) is 1.43. The number of amides is 2. The van der Waals surface area contributed by atoms with Crippen LogP contribution in [-0.4, -0.2) is 24.0 Å². The van der Waals surface area contributed by atoms with Gasteiger partial charge in [-0.25, -0.2) is 4.79 Å². The molecule has 168 valence electrons. The number of nitrogens with zero attached hydrogens (tertiary/aromatic N) is 1. The minimum absolute atomic E-state index is 0.117. The lowest BCUT2D eigenvalue weighted by atomic mass is 10.1. The van der Waals surface area contributed by atoms with Gasteiger partial charge in [0.25, 0.3) is 0 Å². The second kappa shape index (κ2) is 13.1. The van der Waals surface area contributed by atoms with Crippen LogP contribution in [-0.2, 0) is 12.8 Å². The molecule has 5 heteroatoms. The van der Waals surface area contributed by atoms with E-state index < -0.39 is 0 Å². The van der Waals surface area contributed by atoms with Gasteiger partial charge in [0.15, 0.2) is 0 Å². The molecule has 3 aromatic rings. The lowest BCUT2D eigenvalue weighted by molar-refractivity contribution is 0.209. The van der Waals surface area contributed by atoms with Crippen molar-refractivity contribution in [2.45, 2.75) is 38.5 Å². The van der Waals surface area contributed by atoms with Crippen LogP contribution in [0.2, 0.25) is 10.0 Å². The number of nitrogens with one attached hydrogen (secondary N) is 1. The molecule has 0 aliphatic carbocycles. The van der Waals surface area contributed by atoms with Crippen LogP contribution in [0.4, 0.5) is 10.5 Å². The van der Waals surface area contributed by atoms with E-state index in [1.165, 1.54) is 11.1 Å². The molecular weight excluding hydrogens is 439 g/mol. The second-order valence-corrected chi connectivity index (χ2v) is 8.77. The van der Waals surface area contributed by atoms with Crippen molar-refractivity contribution >= 4 is 34.9 Å². The SMILES string of the molecule is O=C(Nc1ccc(Cl)cc1Cl)N(CCCCc1ccccc1)CCCCc1ccccc1. The minimum Gasteiger partial charge on any atom is -0.325 e. The Balaban J connectivity index is 1.52. The third-order valence-electron chi connectivity index (χ3n) is 5.43. The first-order valence-electron chi connectivity index (χ1n) is 11.2. The molecule has 0 bridgehead atoms. The number of benzene rings is 3. The van der Waals surface area contributed by atoms with E-state index in [9.17, 15) is 4.79 Å². The van der Waals surface area contributed by atoms with Crippen molar-refractivity contribution in [1.82, 2.24) is 4.90 Å². The summed E-state index contributed by atoms with van der Waals surface area (Å²) >= 11 is 12.2. The number of unbranched alkanes of at least 4 members (excludes halogenated alkanes) is 2. The van der Waals surface area contributed by atoms with E-state index in [1.54, 1.807) is 18.2 Å². The molecule has 3 nitrogen and oxygen atoms in total. The molecule has 0 saturated heterocycles. The number of halogens is 2. The zero-order valence-electron chi connectivity index (χ0n) is 18.3. The van der Waals surface area contributed by atoms with E-state index >= 15 is 0 Å². The first-order valence-corrected chi connectivity index (χ1v) is 12.0. The summed E-state index contributed by atoms with van der Waals surface area (Å²) in [5.74, 6) is 0. The van der Waals surface area contributed by atoms with Gasteiger partial charge in [0.2, 0.25) is 0 Å². The third kappa shape index (κ3) is 8.22. The highest BCUT2D eigenvalue weighted by Crippen LogP contribution is 2.25. The van der Waals surface area contributed by atoms with Gasteiger partial charge in [-0.3, -0.25) is 0 Å². The van der Waals surface area contributed by atoms with Gasteiger partial charge in [-0.15, -0.1) is 0 Å². The fourth-order valence-corrected chi connectivity index (χ4v) is 4.11.